The summed E-state index contributed by atoms with van der Waals surface area (Å²) < 4.78 is 10.2. The van der Waals surface area contributed by atoms with Gasteiger partial charge in [0.15, 0.2) is 5.54 Å². The summed E-state index contributed by atoms with van der Waals surface area (Å²) >= 11 is 0. The van der Waals surface area contributed by atoms with Crippen molar-refractivity contribution in [1.29, 1.82) is 0 Å². The zero-order valence-electron chi connectivity index (χ0n) is 13.4. The van der Waals surface area contributed by atoms with Crippen molar-refractivity contribution in [3.05, 3.63) is 35.9 Å². The van der Waals surface area contributed by atoms with Crippen LogP contribution in [0.15, 0.2) is 30.3 Å². The van der Waals surface area contributed by atoms with Crippen molar-refractivity contribution in [2.24, 2.45) is 5.92 Å². The Kier molecular flexibility index (Phi) is 4.83. The molecule has 0 aliphatic carbocycles. The van der Waals surface area contributed by atoms with Crippen molar-refractivity contribution < 1.29 is 19.1 Å². The Labute approximate surface area is 130 Å². The second kappa shape index (κ2) is 6.46. The lowest BCUT2D eigenvalue weighted by atomic mass is 9.78. The van der Waals surface area contributed by atoms with Crippen molar-refractivity contribution in [2.75, 3.05) is 27.7 Å². The molecule has 1 fully saturated rings. The van der Waals surface area contributed by atoms with Gasteiger partial charge in [-0.3, -0.25) is 9.69 Å². The Morgan fingerprint density at radius 2 is 1.64 bits per heavy atom. The Hall–Kier alpha value is -1.92. The van der Waals surface area contributed by atoms with Crippen molar-refractivity contribution in [1.82, 2.24) is 9.80 Å². The molecule has 1 aliphatic rings. The first-order valence-electron chi connectivity index (χ1n) is 7.18. The number of ether oxygens (including phenoxy) is 2. The summed E-state index contributed by atoms with van der Waals surface area (Å²) in [5.74, 6) is -0.402. The van der Waals surface area contributed by atoms with E-state index in [0.29, 0.717) is 0 Å². The second-order valence-corrected chi connectivity index (χ2v) is 5.57. The van der Waals surface area contributed by atoms with E-state index in [0.717, 1.165) is 10.5 Å². The number of nitrogens with zero attached hydrogens (tertiary/aromatic N) is 2. The topological polar surface area (TPSA) is 59.1 Å². The molecule has 0 radical (unpaired) electrons. The largest absolute Gasteiger partial charge is 0.364 e. The highest BCUT2D eigenvalue weighted by molar-refractivity contribution is 6.07. The van der Waals surface area contributed by atoms with Crippen molar-refractivity contribution in [3.8, 4) is 0 Å². The number of hydrogen-bond donors (Lipinski definition) is 0. The summed E-state index contributed by atoms with van der Waals surface area (Å²) in [6, 6.07) is 8.94. The number of amides is 3. The van der Waals surface area contributed by atoms with Gasteiger partial charge in [-0.1, -0.05) is 44.2 Å². The third-order valence-corrected chi connectivity index (χ3v) is 4.02. The van der Waals surface area contributed by atoms with Gasteiger partial charge in [0, 0.05) is 14.2 Å². The van der Waals surface area contributed by atoms with E-state index in [1.807, 2.05) is 44.2 Å². The van der Waals surface area contributed by atoms with Crippen LogP contribution in [0.2, 0.25) is 0 Å². The molecule has 1 heterocycles. The van der Waals surface area contributed by atoms with Crippen molar-refractivity contribution in [2.45, 2.75) is 19.4 Å². The van der Waals surface area contributed by atoms with Crippen LogP contribution in [0.5, 0.6) is 0 Å². The van der Waals surface area contributed by atoms with Crippen LogP contribution in [-0.2, 0) is 19.8 Å². The van der Waals surface area contributed by atoms with Gasteiger partial charge < -0.3 is 9.47 Å². The summed E-state index contributed by atoms with van der Waals surface area (Å²) in [5.41, 5.74) is -0.300. The first-order valence-corrected chi connectivity index (χ1v) is 7.18. The average molecular weight is 306 g/mol. The number of imide groups is 1. The molecule has 3 amide bonds. The van der Waals surface area contributed by atoms with E-state index in [9.17, 15) is 9.59 Å². The molecule has 0 aromatic heterocycles. The molecule has 22 heavy (non-hydrogen) atoms. The summed E-state index contributed by atoms with van der Waals surface area (Å²) in [4.78, 5) is 28.4. The fourth-order valence-electron chi connectivity index (χ4n) is 3.10. The number of urea groups is 1. The predicted molar refractivity (Wildman–Crippen MR) is 80.8 cm³/mol. The number of carbonyl (C=O) groups is 2. The number of methoxy groups -OCH3 is 2. The van der Waals surface area contributed by atoms with Crippen LogP contribution in [0.3, 0.4) is 0 Å². The van der Waals surface area contributed by atoms with Gasteiger partial charge in [-0.2, -0.15) is 0 Å². The zero-order chi connectivity index (χ0) is 16.3. The van der Waals surface area contributed by atoms with E-state index in [4.69, 9.17) is 9.47 Å². The molecule has 0 bridgehead atoms. The minimum Gasteiger partial charge on any atom is -0.364 e. The standard InChI is InChI=1S/C16H22N2O4/c1-12(2)16(13-8-6-5-7-9-13)14(19)17(10-21-3)15(20)18(16)11-22-4/h5-9,12H,10-11H2,1-4H3/t16-/m0/s1. The maximum atomic E-state index is 13.1. The predicted octanol–water partition coefficient (Wildman–Crippen LogP) is 2.01. The summed E-state index contributed by atoms with van der Waals surface area (Å²) in [5, 5.41) is 0. The van der Waals surface area contributed by atoms with Crippen LogP contribution >= 0.6 is 0 Å². The highest BCUT2D eigenvalue weighted by Crippen LogP contribution is 2.43. The normalized spacial score (nSPS) is 22.0. The first-order chi connectivity index (χ1) is 10.5. The lowest BCUT2D eigenvalue weighted by molar-refractivity contribution is -0.140. The highest BCUT2D eigenvalue weighted by Gasteiger charge is 2.60. The van der Waals surface area contributed by atoms with Gasteiger partial charge >= 0.3 is 6.03 Å². The van der Waals surface area contributed by atoms with Gasteiger partial charge in [-0.05, 0) is 11.5 Å². The van der Waals surface area contributed by atoms with Crippen molar-refractivity contribution in [3.63, 3.8) is 0 Å². The van der Waals surface area contributed by atoms with E-state index < -0.39 is 11.6 Å². The van der Waals surface area contributed by atoms with Crippen LogP contribution < -0.4 is 0 Å². The average Bonchev–Trinajstić information content (AvgIpc) is 2.71. The molecule has 120 valence electrons. The van der Waals surface area contributed by atoms with E-state index >= 15 is 0 Å². The van der Waals surface area contributed by atoms with E-state index in [-0.39, 0.29) is 25.3 Å². The third kappa shape index (κ3) is 2.28. The fourth-order valence-corrected chi connectivity index (χ4v) is 3.10. The summed E-state index contributed by atoms with van der Waals surface area (Å²) in [7, 11) is 2.96. The van der Waals surface area contributed by atoms with E-state index in [2.05, 4.69) is 0 Å². The molecule has 1 aromatic carbocycles. The molecule has 2 rings (SSSR count). The molecule has 1 aromatic rings. The molecule has 0 spiro atoms. The Morgan fingerprint density at radius 3 is 2.14 bits per heavy atom. The van der Waals surface area contributed by atoms with Crippen LogP contribution in [-0.4, -0.2) is 49.4 Å². The smallest absolute Gasteiger partial charge is 0.331 e. The van der Waals surface area contributed by atoms with E-state index in [1.54, 1.807) is 0 Å². The molecular weight excluding hydrogens is 284 g/mol. The number of rotatable bonds is 6. The van der Waals surface area contributed by atoms with Crippen LogP contribution in [0, 0.1) is 5.92 Å². The highest BCUT2D eigenvalue weighted by atomic mass is 16.5. The summed E-state index contributed by atoms with van der Waals surface area (Å²) in [6.45, 7) is 3.82. The number of benzene rings is 1. The van der Waals surface area contributed by atoms with E-state index in [1.165, 1.54) is 19.1 Å². The van der Waals surface area contributed by atoms with Gasteiger partial charge in [-0.15, -0.1) is 0 Å². The van der Waals surface area contributed by atoms with Gasteiger partial charge in [0.05, 0.1) is 0 Å². The van der Waals surface area contributed by atoms with Crippen LogP contribution in [0.1, 0.15) is 19.4 Å². The van der Waals surface area contributed by atoms with Gasteiger partial charge in [-0.25, -0.2) is 9.69 Å². The van der Waals surface area contributed by atoms with Gasteiger partial charge in [0.1, 0.15) is 13.5 Å². The molecular formula is C16H22N2O4. The molecule has 6 heteroatoms. The lowest BCUT2D eigenvalue weighted by Gasteiger charge is -2.38. The molecule has 0 saturated carbocycles. The SMILES string of the molecule is COCN1C(=O)N(COC)[C@](c2ccccc2)(C(C)C)C1=O. The Morgan fingerprint density at radius 1 is 1.05 bits per heavy atom. The Balaban J connectivity index is 2.62. The minimum absolute atomic E-state index is 0.0395. The monoisotopic (exact) mass is 306 g/mol. The van der Waals surface area contributed by atoms with Crippen molar-refractivity contribution >= 4 is 11.9 Å². The first kappa shape index (κ1) is 16.5. The van der Waals surface area contributed by atoms with Gasteiger partial charge in [0.25, 0.3) is 5.91 Å². The van der Waals surface area contributed by atoms with Gasteiger partial charge in [0.2, 0.25) is 0 Å². The molecule has 1 saturated heterocycles. The fraction of sp³-hybridized carbons (Fsp3) is 0.500. The van der Waals surface area contributed by atoms with Crippen LogP contribution in [0.25, 0.3) is 0 Å². The molecule has 1 atom stereocenters. The zero-order valence-corrected chi connectivity index (χ0v) is 13.4. The number of carbonyl (C=O) groups excluding carboxylic acids is 2. The minimum atomic E-state index is -1.08. The summed E-state index contributed by atoms with van der Waals surface area (Å²) in [6.07, 6.45) is 0. The Bertz CT molecular complexity index is 546. The lowest BCUT2D eigenvalue weighted by Crippen LogP contribution is -2.51. The third-order valence-electron chi connectivity index (χ3n) is 4.02. The molecule has 0 N–H and O–H groups in total. The maximum Gasteiger partial charge on any atom is 0.331 e. The number of hydrogen-bond acceptors (Lipinski definition) is 4. The maximum absolute atomic E-state index is 13.1. The molecule has 6 nitrogen and oxygen atoms in total. The molecule has 0 unspecified atom stereocenters. The molecule has 1 aliphatic heterocycles. The second-order valence-electron chi connectivity index (χ2n) is 5.57. The van der Waals surface area contributed by atoms with Crippen LogP contribution in [0.4, 0.5) is 4.79 Å². The quantitative estimate of drug-likeness (QED) is 0.754.